The SMILES string of the molecule is O=C(O)c1cccc([N+](=O)[O-])c1CCI. The zero-order valence-corrected chi connectivity index (χ0v) is 9.80. The van der Waals surface area contributed by atoms with Crippen molar-refractivity contribution in [3.8, 4) is 0 Å². The topological polar surface area (TPSA) is 80.4 Å². The first-order valence-electron chi connectivity index (χ1n) is 4.13. The van der Waals surface area contributed by atoms with Crippen LogP contribution in [0.4, 0.5) is 5.69 Å². The summed E-state index contributed by atoms with van der Waals surface area (Å²) in [4.78, 5) is 21.0. The molecule has 1 aromatic rings. The van der Waals surface area contributed by atoms with E-state index >= 15 is 0 Å². The number of hydrogen-bond acceptors (Lipinski definition) is 3. The molecule has 0 atom stereocenters. The molecule has 0 radical (unpaired) electrons. The molecule has 5 nitrogen and oxygen atoms in total. The van der Waals surface area contributed by atoms with Gasteiger partial charge in [-0.1, -0.05) is 28.7 Å². The molecule has 0 fully saturated rings. The molecule has 0 bridgehead atoms. The van der Waals surface area contributed by atoms with Crippen LogP contribution in [-0.4, -0.2) is 20.4 Å². The van der Waals surface area contributed by atoms with Crippen molar-refractivity contribution >= 4 is 34.2 Å². The number of carbonyl (C=O) groups is 1. The summed E-state index contributed by atoms with van der Waals surface area (Å²) < 4.78 is 0.642. The van der Waals surface area contributed by atoms with Crippen molar-refractivity contribution in [3.05, 3.63) is 39.4 Å². The second-order valence-electron chi connectivity index (χ2n) is 2.80. The van der Waals surface area contributed by atoms with Crippen LogP contribution in [0, 0.1) is 10.1 Å². The van der Waals surface area contributed by atoms with Gasteiger partial charge in [0.05, 0.1) is 10.5 Å². The summed E-state index contributed by atoms with van der Waals surface area (Å²) in [6.45, 7) is 0. The second kappa shape index (κ2) is 5.06. The molecular weight excluding hydrogens is 313 g/mol. The van der Waals surface area contributed by atoms with Crippen molar-refractivity contribution in [1.82, 2.24) is 0 Å². The molecule has 0 aromatic heterocycles. The van der Waals surface area contributed by atoms with E-state index in [-0.39, 0.29) is 11.3 Å². The number of nitro benzene ring substituents is 1. The van der Waals surface area contributed by atoms with Crippen molar-refractivity contribution in [3.63, 3.8) is 0 Å². The van der Waals surface area contributed by atoms with Crippen LogP contribution in [0.2, 0.25) is 0 Å². The molecule has 0 heterocycles. The van der Waals surface area contributed by atoms with Crippen LogP contribution < -0.4 is 0 Å². The highest BCUT2D eigenvalue weighted by Gasteiger charge is 2.19. The fourth-order valence-electron chi connectivity index (χ4n) is 1.30. The smallest absolute Gasteiger partial charge is 0.336 e. The van der Waals surface area contributed by atoms with Crippen LogP contribution in [0.25, 0.3) is 0 Å². The summed E-state index contributed by atoms with van der Waals surface area (Å²) in [5.41, 5.74) is 0.192. The number of nitro groups is 1. The Hall–Kier alpha value is -1.18. The predicted molar refractivity (Wildman–Crippen MR) is 62.6 cm³/mol. The lowest BCUT2D eigenvalue weighted by Gasteiger charge is -2.04. The van der Waals surface area contributed by atoms with Gasteiger partial charge in [0.1, 0.15) is 0 Å². The molecule has 15 heavy (non-hydrogen) atoms. The van der Waals surface area contributed by atoms with Gasteiger partial charge in [0.15, 0.2) is 0 Å². The van der Waals surface area contributed by atoms with Gasteiger partial charge in [-0.15, -0.1) is 0 Å². The number of nitrogens with zero attached hydrogens (tertiary/aromatic N) is 1. The Morgan fingerprint density at radius 1 is 1.53 bits per heavy atom. The van der Waals surface area contributed by atoms with Gasteiger partial charge in [-0.25, -0.2) is 4.79 Å². The Bertz CT molecular complexity index is 373. The predicted octanol–water partition coefficient (Wildman–Crippen LogP) is 2.27. The Labute approximate surface area is 99.4 Å². The summed E-state index contributed by atoms with van der Waals surface area (Å²) in [6.07, 6.45) is 0.388. The molecule has 1 rings (SSSR count). The lowest BCUT2D eigenvalue weighted by atomic mass is 10.0. The fourth-order valence-corrected chi connectivity index (χ4v) is 1.84. The van der Waals surface area contributed by atoms with E-state index in [9.17, 15) is 14.9 Å². The van der Waals surface area contributed by atoms with E-state index in [1.165, 1.54) is 18.2 Å². The highest BCUT2D eigenvalue weighted by molar-refractivity contribution is 14.1. The number of rotatable bonds is 4. The van der Waals surface area contributed by atoms with Crippen LogP contribution in [0.5, 0.6) is 0 Å². The number of alkyl halides is 1. The number of carboxylic acid groups (broad SMARTS) is 1. The molecular formula is C9H8INO4. The van der Waals surface area contributed by atoms with Gasteiger partial charge in [0.2, 0.25) is 0 Å². The highest BCUT2D eigenvalue weighted by Crippen LogP contribution is 2.23. The first-order valence-corrected chi connectivity index (χ1v) is 5.66. The zero-order chi connectivity index (χ0) is 11.4. The van der Waals surface area contributed by atoms with E-state index in [2.05, 4.69) is 22.6 Å². The van der Waals surface area contributed by atoms with E-state index in [1.807, 2.05) is 0 Å². The summed E-state index contributed by atoms with van der Waals surface area (Å²) in [6, 6.07) is 4.10. The van der Waals surface area contributed by atoms with Gasteiger partial charge in [0.25, 0.3) is 5.69 Å². The molecule has 1 aromatic carbocycles. The monoisotopic (exact) mass is 321 g/mol. The minimum Gasteiger partial charge on any atom is -0.478 e. The molecule has 0 spiro atoms. The van der Waals surface area contributed by atoms with E-state index < -0.39 is 10.9 Å². The number of carboxylic acids is 1. The molecule has 80 valence electrons. The maximum absolute atomic E-state index is 10.8. The third kappa shape index (κ3) is 2.65. The molecule has 6 heteroatoms. The molecule has 0 amide bonds. The van der Waals surface area contributed by atoms with Gasteiger partial charge < -0.3 is 5.11 Å². The lowest BCUT2D eigenvalue weighted by molar-refractivity contribution is -0.385. The average molecular weight is 321 g/mol. The molecule has 0 saturated carbocycles. The van der Waals surface area contributed by atoms with Crippen LogP contribution in [-0.2, 0) is 6.42 Å². The summed E-state index contributed by atoms with van der Waals surface area (Å²) in [5, 5.41) is 19.6. The van der Waals surface area contributed by atoms with Crippen LogP contribution in [0.3, 0.4) is 0 Å². The molecule has 0 unspecified atom stereocenters. The average Bonchev–Trinajstić information content (AvgIpc) is 2.17. The van der Waals surface area contributed by atoms with Crippen LogP contribution in [0.1, 0.15) is 15.9 Å². The molecule has 1 N–H and O–H groups in total. The second-order valence-corrected chi connectivity index (χ2v) is 3.88. The third-order valence-electron chi connectivity index (χ3n) is 1.92. The van der Waals surface area contributed by atoms with Gasteiger partial charge in [-0.2, -0.15) is 0 Å². The molecule has 0 saturated heterocycles. The Balaban J connectivity index is 3.34. The number of aromatic carboxylic acids is 1. The Morgan fingerprint density at radius 3 is 2.67 bits per heavy atom. The lowest BCUT2D eigenvalue weighted by Crippen LogP contribution is -2.06. The normalized spacial score (nSPS) is 9.93. The Morgan fingerprint density at radius 2 is 2.20 bits per heavy atom. The minimum absolute atomic E-state index is 0.0147. The highest BCUT2D eigenvalue weighted by atomic mass is 127. The molecule has 0 aliphatic carbocycles. The number of halogens is 1. The zero-order valence-electron chi connectivity index (χ0n) is 7.64. The van der Waals surface area contributed by atoms with Crippen molar-refractivity contribution in [1.29, 1.82) is 0 Å². The summed E-state index contributed by atoms with van der Waals surface area (Å²) in [5.74, 6) is -1.13. The van der Waals surface area contributed by atoms with Crippen molar-refractivity contribution in [2.45, 2.75) is 6.42 Å². The van der Waals surface area contributed by atoms with Crippen molar-refractivity contribution in [2.75, 3.05) is 4.43 Å². The largest absolute Gasteiger partial charge is 0.478 e. The van der Waals surface area contributed by atoms with Crippen molar-refractivity contribution in [2.24, 2.45) is 0 Å². The standard InChI is InChI=1S/C9H8INO4/c10-5-4-6-7(9(12)13)2-1-3-8(6)11(14)15/h1-3H,4-5H2,(H,12,13). The quantitative estimate of drug-likeness (QED) is 0.399. The van der Waals surface area contributed by atoms with Crippen molar-refractivity contribution < 1.29 is 14.8 Å². The Kier molecular flexibility index (Phi) is 4.01. The van der Waals surface area contributed by atoms with Crippen LogP contribution in [0.15, 0.2) is 18.2 Å². The summed E-state index contributed by atoms with van der Waals surface area (Å²) >= 11 is 2.06. The van der Waals surface area contributed by atoms with Gasteiger partial charge in [-0.3, -0.25) is 10.1 Å². The molecule has 0 aliphatic rings. The van der Waals surface area contributed by atoms with Gasteiger partial charge >= 0.3 is 5.97 Å². The summed E-state index contributed by atoms with van der Waals surface area (Å²) in [7, 11) is 0. The first-order chi connectivity index (χ1) is 7.07. The van der Waals surface area contributed by atoms with E-state index in [4.69, 9.17) is 5.11 Å². The first kappa shape index (κ1) is 11.9. The third-order valence-corrected chi connectivity index (χ3v) is 2.46. The molecule has 0 aliphatic heterocycles. The van der Waals surface area contributed by atoms with E-state index in [1.54, 1.807) is 0 Å². The van der Waals surface area contributed by atoms with Crippen LogP contribution >= 0.6 is 22.6 Å². The minimum atomic E-state index is -1.13. The van der Waals surface area contributed by atoms with E-state index in [0.29, 0.717) is 16.4 Å². The van der Waals surface area contributed by atoms with Gasteiger partial charge in [0, 0.05) is 16.1 Å². The van der Waals surface area contributed by atoms with E-state index in [0.717, 1.165) is 0 Å². The maximum Gasteiger partial charge on any atom is 0.336 e. The number of benzene rings is 1. The number of hydrogen-bond donors (Lipinski definition) is 1. The maximum atomic E-state index is 10.8. The van der Waals surface area contributed by atoms with Gasteiger partial charge in [-0.05, 0) is 12.5 Å². The fraction of sp³-hybridized carbons (Fsp3) is 0.222.